The van der Waals surface area contributed by atoms with Gasteiger partial charge >= 0.3 is 5.69 Å². The first-order valence-corrected chi connectivity index (χ1v) is 7.44. The highest BCUT2D eigenvalue weighted by molar-refractivity contribution is 9.10. The van der Waals surface area contributed by atoms with E-state index in [1.807, 2.05) is 24.3 Å². The third kappa shape index (κ3) is 1.67. The van der Waals surface area contributed by atoms with Gasteiger partial charge < -0.3 is 0 Å². The Morgan fingerprint density at radius 1 is 1.05 bits per heavy atom. The fourth-order valence-corrected chi connectivity index (χ4v) is 3.49. The molecule has 0 aliphatic heterocycles. The van der Waals surface area contributed by atoms with Crippen LogP contribution in [-0.4, -0.2) is 15.3 Å². The smallest absolute Gasteiger partial charge is 0.291 e. The van der Waals surface area contributed by atoms with Crippen LogP contribution < -0.4 is 11.2 Å². The van der Waals surface area contributed by atoms with Gasteiger partial charge in [-0.2, -0.15) is 0 Å². The van der Waals surface area contributed by atoms with Crippen molar-refractivity contribution in [1.29, 1.82) is 0 Å². The molecular weight excluding hydrogens is 348 g/mol. The van der Waals surface area contributed by atoms with Crippen LogP contribution in [0.25, 0.3) is 10.8 Å². The minimum Gasteiger partial charge on any atom is -0.291 e. The lowest BCUT2D eigenvalue weighted by Crippen LogP contribution is -2.33. The number of aromatic amines is 1. The number of carbonyl (C=O) groups excluding carboxylic acids is 1. The predicted octanol–water partition coefficient (Wildman–Crippen LogP) is 2.24. The molecule has 1 atom stereocenters. The van der Waals surface area contributed by atoms with E-state index in [0.717, 1.165) is 20.8 Å². The van der Waals surface area contributed by atoms with E-state index in [-0.39, 0.29) is 5.78 Å². The zero-order valence-corrected chi connectivity index (χ0v) is 12.8. The van der Waals surface area contributed by atoms with Crippen molar-refractivity contribution in [3.8, 4) is 0 Å². The van der Waals surface area contributed by atoms with Crippen LogP contribution in [0.15, 0.2) is 56.7 Å². The van der Waals surface area contributed by atoms with Crippen molar-refractivity contribution in [2.75, 3.05) is 0 Å². The van der Waals surface area contributed by atoms with E-state index < -0.39 is 17.3 Å². The van der Waals surface area contributed by atoms with E-state index in [1.165, 1.54) is 16.8 Å². The van der Waals surface area contributed by atoms with Gasteiger partial charge in [-0.05, 0) is 28.5 Å². The Labute approximate surface area is 132 Å². The van der Waals surface area contributed by atoms with Crippen molar-refractivity contribution in [2.24, 2.45) is 0 Å². The fraction of sp³-hybridized carbons (Fsp3) is 0.0625. The van der Waals surface area contributed by atoms with Crippen LogP contribution in [0, 0.1) is 0 Å². The summed E-state index contributed by atoms with van der Waals surface area (Å²) in [5.41, 5.74) is 0.296. The Morgan fingerprint density at radius 2 is 1.86 bits per heavy atom. The van der Waals surface area contributed by atoms with Crippen LogP contribution in [0.5, 0.6) is 0 Å². The predicted molar refractivity (Wildman–Crippen MR) is 85.4 cm³/mol. The number of hydrogen-bond donors (Lipinski definition) is 1. The average molecular weight is 357 g/mol. The summed E-state index contributed by atoms with van der Waals surface area (Å²) in [6.07, 6.45) is 1.36. The van der Waals surface area contributed by atoms with E-state index in [0.29, 0.717) is 5.56 Å². The minimum absolute atomic E-state index is 0.146. The molecule has 5 nitrogen and oxygen atoms in total. The molecule has 22 heavy (non-hydrogen) atoms. The number of benzene rings is 2. The van der Waals surface area contributed by atoms with E-state index >= 15 is 0 Å². The molecule has 0 fully saturated rings. The minimum atomic E-state index is -0.739. The number of aromatic nitrogens is 2. The molecule has 1 aromatic heterocycles. The number of H-pyrrole nitrogens is 1. The average Bonchev–Trinajstić information content (AvgIpc) is 2.77. The Bertz CT molecular complexity index is 1060. The maximum Gasteiger partial charge on any atom is 0.329 e. The molecular formula is C16H9BrN2O3. The molecule has 0 spiro atoms. The molecule has 0 saturated carbocycles. The second-order valence-electron chi connectivity index (χ2n) is 5.15. The Kier molecular flexibility index (Phi) is 2.71. The number of halogens is 1. The zero-order chi connectivity index (χ0) is 15.4. The largest absolute Gasteiger partial charge is 0.329 e. The van der Waals surface area contributed by atoms with Crippen LogP contribution in [0.2, 0.25) is 0 Å². The zero-order valence-electron chi connectivity index (χ0n) is 11.2. The van der Waals surface area contributed by atoms with Crippen LogP contribution in [0.4, 0.5) is 0 Å². The van der Waals surface area contributed by atoms with Crippen molar-refractivity contribution in [2.45, 2.75) is 6.04 Å². The molecule has 1 aliphatic rings. The molecule has 1 aliphatic carbocycles. The number of ketones is 1. The van der Waals surface area contributed by atoms with Gasteiger partial charge in [0.05, 0.1) is 0 Å². The summed E-state index contributed by atoms with van der Waals surface area (Å²) in [5, 5.41) is 1.79. The normalized spacial score (nSPS) is 16.4. The number of hydrogen-bond acceptors (Lipinski definition) is 3. The highest BCUT2D eigenvalue weighted by atomic mass is 79.9. The number of rotatable bonds is 1. The highest BCUT2D eigenvalue weighted by Gasteiger charge is 2.34. The molecule has 4 rings (SSSR count). The van der Waals surface area contributed by atoms with E-state index in [1.54, 1.807) is 6.07 Å². The van der Waals surface area contributed by atoms with Crippen molar-refractivity contribution < 1.29 is 4.79 Å². The maximum atomic E-state index is 12.8. The van der Waals surface area contributed by atoms with Crippen LogP contribution >= 0.6 is 15.9 Å². The second kappa shape index (κ2) is 4.51. The van der Waals surface area contributed by atoms with Crippen LogP contribution in [0.3, 0.4) is 0 Å². The molecule has 6 heteroatoms. The summed E-state index contributed by atoms with van der Waals surface area (Å²) in [5.74, 6) is -0.146. The van der Waals surface area contributed by atoms with Gasteiger partial charge in [0.25, 0.3) is 5.56 Å². The standard InChI is InChI=1S/C16H9BrN2O3/c17-11-5-4-10-13-8(11)2-1-3-9(13)14(15(10)21)19-7-6-12(20)18-16(19)22/h1-7,14H,(H,18,20,22). The molecule has 2 aromatic carbocycles. The van der Waals surface area contributed by atoms with Crippen molar-refractivity contribution in [1.82, 2.24) is 9.55 Å². The molecule has 108 valence electrons. The summed E-state index contributed by atoms with van der Waals surface area (Å²) < 4.78 is 2.17. The number of Topliss-reactive ketones (excluding diaryl/α,β-unsaturated/α-hetero) is 1. The first-order valence-electron chi connectivity index (χ1n) is 6.65. The lowest BCUT2D eigenvalue weighted by Gasteiger charge is -2.13. The number of nitrogens with zero attached hydrogens (tertiary/aromatic N) is 1. The molecule has 0 amide bonds. The van der Waals surface area contributed by atoms with Crippen LogP contribution in [0.1, 0.15) is 22.0 Å². The van der Waals surface area contributed by atoms with Gasteiger partial charge in [-0.15, -0.1) is 0 Å². The molecule has 1 unspecified atom stereocenters. The first kappa shape index (κ1) is 13.2. The number of carbonyl (C=O) groups is 1. The lowest BCUT2D eigenvalue weighted by atomic mass is 10.0. The van der Waals surface area contributed by atoms with E-state index in [4.69, 9.17) is 0 Å². The molecule has 0 radical (unpaired) electrons. The second-order valence-corrected chi connectivity index (χ2v) is 6.00. The maximum absolute atomic E-state index is 12.8. The van der Waals surface area contributed by atoms with E-state index in [9.17, 15) is 14.4 Å². The van der Waals surface area contributed by atoms with Gasteiger partial charge in [-0.1, -0.05) is 34.1 Å². The molecule has 0 bridgehead atoms. The van der Waals surface area contributed by atoms with Crippen molar-refractivity contribution >= 4 is 32.5 Å². The van der Waals surface area contributed by atoms with Gasteiger partial charge in [0.15, 0.2) is 5.78 Å². The summed E-state index contributed by atoms with van der Waals surface area (Å²) in [6, 6.07) is 9.72. The van der Waals surface area contributed by atoms with Crippen LogP contribution in [-0.2, 0) is 0 Å². The molecule has 0 saturated heterocycles. The summed E-state index contributed by atoms with van der Waals surface area (Å²) in [7, 11) is 0. The molecule has 3 aromatic rings. The van der Waals surface area contributed by atoms with Gasteiger partial charge in [-0.25, -0.2) is 4.79 Å². The fourth-order valence-electron chi connectivity index (χ4n) is 3.03. The molecule has 1 heterocycles. The number of nitrogens with one attached hydrogen (secondary N) is 1. The summed E-state index contributed by atoms with van der Waals surface area (Å²) in [4.78, 5) is 38.2. The Hall–Kier alpha value is -2.47. The van der Waals surface area contributed by atoms with Gasteiger partial charge in [0.2, 0.25) is 0 Å². The third-order valence-electron chi connectivity index (χ3n) is 3.96. The first-order chi connectivity index (χ1) is 10.6. The summed E-state index contributed by atoms with van der Waals surface area (Å²) >= 11 is 3.49. The van der Waals surface area contributed by atoms with Crippen molar-refractivity contribution in [3.05, 3.63) is 79.0 Å². The monoisotopic (exact) mass is 356 g/mol. The Balaban J connectivity index is 2.07. The Morgan fingerprint density at radius 3 is 2.64 bits per heavy atom. The van der Waals surface area contributed by atoms with Gasteiger partial charge in [0, 0.05) is 22.3 Å². The topological polar surface area (TPSA) is 71.9 Å². The van der Waals surface area contributed by atoms with Gasteiger partial charge in [0.1, 0.15) is 6.04 Å². The van der Waals surface area contributed by atoms with Crippen molar-refractivity contribution in [3.63, 3.8) is 0 Å². The van der Waals surface area contributed by atoms with E-state index in [2.05, 4.69) is 20.9 Å². The lowest BCUT2D eigenvalue weighted by molar-refractivity contribution is 0.0952. The van der Waals surface area contributed by atoms with Gasteiger partial charge in [-0.3, -0.25) is 19.1 Å². The molecule has 1 N–H and O–H groups in total. The quantitative estimate of drug-likeness (QED) is 0.726. The summed E-state index contributed by atoms with van der Waals surface area (Å²) in [6.45, 7) is 0. The SMILES string of the molecule is O=C1c2ccc(Br)c3cccc(c23)C1n1ccc(=O)[nH]c1=O. The third-order valence-corrected chi connectivity index (χ3v) is 4.65. The highest BCUT2D eigenvalue weighted by Crippen LogP contribution is 2.40.